The predicted molar refractivity (Wildman–Crippen MR) is 72.2 cm³/mol. The molecule has 4 nitrogen and oxygen atoms in total. The van der Waals surface area contributed by atoms with E-state index in [1.165, 1.54) is 0 Å². The number of ether oxygens (including phenoxy) is 1. The van der Waals surface area contributed by atoms with E-state index >= 15 is 0 Å². The maximum atomic E-state index is 11.7. The van der Waals surface area contributed by atoms with Gasteiger partial charge in [0, 0.05) is 28.8 Å². The summed E-state index contributed by atoms with van der Waals surface area (Å²) in [6, 6.07) is 1.86. The second-order valence-electron chi connectivity index (χ2n) is 5.05. The molecule has 100 valence electrons. The highest BCUT2D eigenvalue weighted by atomic mass is 32.1. The molecule has 1 N–H and O–H groups in total. The Balaban J connectivity index is 2.30. The van der Waals surface area contributed by atoms with Gasteiger partial charge in [-0.3, -0.25) is 4.79 Å². The van der Waals surface area contributed by atoms with E-state index in [4.69, 9.17) is 4.74 Å². The van der Waals surface area contributed by atoms with Gasteiger partial charge in [-0.1, -0.05) is 0 Å². The van der Waals surface area contributed by atoms with Gasteiger partial charge in [-0.25, -0.2) is 4.79 Å². The summed E-state index contributed by atoms with van der Waals surface area (Å²) in [7, 11) is 0. The van der Waals surface area contributed by atoms with Crippen molar-refractivity contribution in [1.29, 1.82) is 0 Å². The monoisotopic (exact) mass is 269 g/mol. The number of thiophene rings is 1. The Bertz CT molecular complexity index is 432. The van der Waals surface area contributed by atoms with E-state index in [0.29, 0.717) is 12.1 Å². The van der Waals surface area contributed by atoms with Gasteiger partial charge in [-0.05, 0) is 33.8 Å². The molecule has 0 radical (unpaired) electrons. The lowest BCUT2D eigenvalue weighted by Gasteiger charge is -2.19. The molecule has 0 aliphatic heterocycles. The highest BCUT2D eigenvalue weighted by Crippen LogP contribution is 2.14. The van der Waals surface area contributed by atoms with Gasteiger partial charge in [-0.2, -0.15) is 0 Å². The Morgan fingerprint density at radius 2 is 2.06 bits per heavy atom. The van der Waals surface area contributed by atoms with E-state index in [-0.39, 0.29) is 12.2 Å². The highest BCUT2D eigenvalue weighted by Gasteiger charge is 2.16. The van der Waals surface area contributed by atoms with Gasteiger partial charge >= 0.3 is 6.09 Å². The van der Waals surface area contributed by atoms with Gasteiger partial charge in [0.15, 0.2) is 5.78 Å². The van der Waals surface area contributed by atoms with Crippen molar-refractivity contribution in [1.82, 2.24) is 5.32 Å². The average Bonchev–Trinajstić information content (AvgIpc) is 2.62. The van der Waals surface area contributed by atoms with Crippen molar-refractivity contribution in [3.8, 4) is 0 Å². The van der Waals surface area contributed by atoms with Crippen LogP contribution < -0.4 is 5.32 Å². The van der Waals surface area contributed by atoms with Crippen LogP contribution in [-0.4, -0.2) is 24.0 Å². The summed E-state index contributed by atoms with van der Waals surface area (Å²) in [5.41, 5.74) is 0.196. The Morgan fingerprint density at radius 3 is 2.56 bits per heavy atom. The summed E-state index contributed by atoms with van der Waals surface area (Å²) in [4.78, 5) is 24.2. The summed E-state index contributed by atoms with van der Waals surface area (Å²) in [5.74, 6) is 0.0374. The summed E-state index contributed by atoms with van der Waals surface area (Å²) in [6.45, 7) is 7.65. The highest BCUT2D eigenvalue weighted by molar-refractivity contribution is 7.10. The molecule has 0 aromatic carbocycles. The Labute approximate surface area is 111 Å². The zero-order valence-corrected chi connectivity index (χ0v) is 12.0. The molecule has 5 heteroatoms. The molecule has 1 aromatic rings. The largest absolute Gasteiger partial charge is 0.444 e. The van der Waals surface area contributed by atoms with Crippen LogP contribution in [0.4, 0.5) is 4.79 Å². The van der Waals surface area contributed by atoms with Crippen LogP contribution in [-0.2, 0) is 4.74 Å². The lowest BCUT2D eigenvalue weighted by Crippen LogP contribution is -2.33. The number of ketones is 1. The first-order valence-electron chi connectivity index (χ1n) is 5.83. The number of rotatable bonds is 4. The van der Waals surface area contributed by atoms with E-state index in [1.54, 1.807) is 32.1 Å². The fourth-order valence-electron chi connectivity index (χ4n) is 1.33. The van der Waals surface area contributed by atoms with Crippen LogP contribution in [0, 0.1) is 6.92 Å². The molecule has 0 fully saturated rings. The maximum Gasteiger partial charge on any atom is 0.407 e. The number of hydrogen-bond acceptors (Lipinski definition) is 4. The standard InChI is InChI=1S/C13H19NO3S/c1-9-7-10(8-18-9)11(15)5-6-14-12(16)17-13(2,3)4/h7-8H,5-6H2,1-4H3,(H,14,16). The van der Waals surface area contributed by atoms with Crippen molar-refractivity contribution < 1.29 is 14.3 Å². The number of Topliss-reactive ketones (excluding diaryl/α,β-unsaturated/α-hetero) is 1. The molecule has 0 aliphatic carbocycles. The molecule has 0 atom stereocenters. The minimum Gasteiger partial charge on any atom is -0.444 e. The molecule has 0 saturated heterocycles. The molecular formula is C13H19NO3S. The van der Waals surface area contributed by atoms with Crippen molar-refractivity contribution in [3.63, 3.8) is 0 Å². The average molecular weight is 269 g/mol. The fraction of sp³-hybridized carbons (Fsp3) is 0.538. The second kappa shape index (κ2) is 6.00. The molecule has 0 bridgehead atoms. The maximum absolute atomic E-state index is 11.7. The van der Waals surface area contributed by atoms with Gasteiger partial charge in [-0.15, -0.1) is 11.3 Å². The second-order valence-corrected chi connectivity index (χ2v) is 6.16. The van der Waals surface area contributed by atoms with Gasteiger partial charge in [0.25, 0.3) is 0 Å². The third-order valence-electron chi connectivity index (χ3n) is 2.07. The minimum absolute atomic E-state index is 0.0374. The van der Waals surface area contributed by atoms with E-state index in [0.717, 1.165) is 4.88 Å². The summed E-state index contributed by atoms with van der Waals surface area (Å²) in [5, 5.41) is 4.41. The van der Waals surface area contributed by atoms with Gasteiger partial charge in [0.1, 0.15) is 5.60 Å². The van der Waals surface area contributed by atoms with Crippen molar-refractivity contribution >= 4 is 23.2 Å². The number of carbonyl (C=O) groups is 2. The topological polar surface area (TPSA) is 55.4 Å². The SMILES string of the molecule is Cc1cc(C(=O)CCNC(=O)OC(C)(C)C)cs1. The lowest BCUT2D eigenvalue weighted by atomic mass is 10.1. The number of carbonyl (C=O) groups excluding carboxylic acids is 2. The number of alkyl carbamates (subject to hydrolysis) is 1. The first-order chi connectivity index (χ1) is 8.28. The first kappa shape index (κ1) is 14.7. The van der Waals surface area contributed by atoms with Gasteiger partial charge in [0.05, 0.1) is 0 Å². The van der Waals surface area contributed by atoms with Crippen LogP contribution in [0.15, 0.2) is 11.4 Å². The van der Waals surface area contributed by atoms with E-state index < -0.39 is 11.7 Å². The zero-order chi connectivity index (χ0) is 13.8. The summed E-state index contributed by atoms with van der Waals surface area (Å²) in [6.07, 6.45) is -0.202. The third kappa shape index (κ3) is 5.31. The summed E-state index contributed by atoms with van der Waals surface area (Å²) >= 11 is 1.55. The molecule has 1 amide bonds. The van der Waals surface area contributed by atoms with E-state index in [1.807, 2.05) is 18.4 Å². The van der Waals surface area contributed by atoms with Crippen molar-refractivity contribution in [2.24, 2.45) is 0 Å². The zero-order valence-electron chi connectivity index (χ0n) is 11.2. The Kier molecular flexibility index (Phi) is 4.90. The van der Waals surface area contributed by atoms with Crippen LogP contribution in [0.2, 0.25) is 0 Å². The molecule has 1 heterocycles. The quantitative estimate of drug-likeness (QED) is 0.854. The molecule has 0 aliphatic rings. The molecule has 1 rings (SSSR count). The van der Waals surface area contributed by atoms with Crippen LogP contribution in [0.25, 0.3) is 0 Å². The van der Waals surface area contributed by atoms with E-state index in [2.05, 4.69) is 5.32 Å². The molecule has 0 unspecified atom stereocenters. The summed E-state index contributed by atoms with van der Waals surface area (Å²) < 4.78 is 5.07. The normalized spacial score (nSPS) is 11.1. The van der Waals surface area contributed by atoms with Crippen LogP contribution in [0.1, 0.15) is 42.4 Å². The number of hydrogen-bond donors (Lipinski definition) is 1. The first-order valence-corrected chi connectivity index (χ1v) is 6.71. The number of aryl methyl sites for hydroxylation is 1. The van der Waals surface area contributed by atoms with Crippen LogP contribution >= 0.6 is 11.3 Å². The molecule has 0 saturated carbocycles. The van der Waals surface area contributed by atoms with Gasteiger partial charge in [0.2, 0.25) is 0 Å². The molecule has 1 aromatic heterocycles. The van der Waals surface area contributed by atoms with Crippen molar-refractivity contribution in [3.05, 3.63) is 21.9 Å². The van der Waals surface area contributed by atoms with Crippen LogP contribution in [0.3, 0.4) is 0 Å². The van der Waals surface area contributed by atoms with Gasteiger partial charge < -0.3 is 10.1 Å². The molecule has 0 spiro atoms. The smallest absolute Gasteiger partial charge is 0.407 e. The van der Waals surface area contributed by atoms with E-state index in [9.17, 15) is 9.59 Å². The molecular weight excluding hydrogens is 250 g/mol. The van der Waals surface area contributed by atoms with Crippen molar-refractivity contribution in [2.75, 3.05) is 6.54 Å². The predicted octanol–water partition coefficient (Wildman–Crippen LogP) is 3.15. The Morgan fingerprint density at radius 1 is 1.39 bits per heavy atom. The fourth-order valence-corrected chi connectivity index (χ4v) is 2.03. The van der Waals surface area contributed by atoms with Crippen molar-refractivity contribution in [2.45, 2.75) is 39.7 Å². The minimum atomic E-state index is -0.515. The van der Waals surface area contributed by atoms with Crippen LogP contribution in [0.5, 0.6) is 0 Å². The molecule has 18 heavy (non-hydrogen) atoms. The number of nitrogens with one attached hydrogen (secondary N) is 1. The number of amides is 1. The Hall–Kier alpha value is -1.36. The lowest BCUT2D eigenvalue weighted by molar-refractivity contribution is 0.0527. The third-order valence-corrected chi connectivity index (χ3v) is 2.93.